The smallest absolute Gasteiger partial charge is 0.408 e. The Morgan fingerprint density at radius 3 is 2.48 bits per heavy atom. The fourth-order valence-corrected chi connectivity index (χ4v) is 7.15. The second kappa shape index (κ2) is 14.5. The lowest BCUT2D eigenvalue weighted by atomic mass is 9.91. The molecule has 0 radical (unpaired) electrons. The lowest BCUT2D eigenvalue weighted by molar-refractivity contribution is -0.147. The van der Waals surface area contributed by atoms with Crippen LogP contribution in [0.4, 0.5) is 4.79 Å². The van der Waals surface area contributed by atoms with E-state index in [2.05, 4.69) is 32.9 Å². The van der Waals surface area contributed by atoms with E-state index in [0.29, 0.717) is 31.6 Å². The second-order valence-corrected chi connectivity index (χ2v) is 14.9. The van der Waals surface area contributed by atoms with Crippen molar-refractivity contribution < 1.29 is 29.0 Å². The van der Waals surface area contributed by atoms with Crippen LogP contribution < -0.4 is 5.32 Å². The number of carboxylic acids is 1. The van der Waals surface area contributed by atoms with E-state index in [-0.39, 0.29) is 31.1 Å². The van der Waals surface area contributed by atoms with E-state index >= 15 is 0 Å². The van der Waals surface area contributed by atoms with E-state index < -0.39 is 47.0 Å². The first-order valence-corrected chi connectivity index (χ1v) is 17.6. The number of carbonyl (C=O) groups is 4. The van der Waals surface area contributed by atoms with E-state index in [1.807, 2.05) is 54.6 Å². The van der Waals surface area contributed by atoms with Crippen LogP contribution in [-0.2, 0) is 25.7 Å². The molecule has 264 valence electrons. The fourth-order valence-electron chi connectivity index (χ4n) is 7.15. The van der Waals surface area contributed by atoms with E-state index in [4.69, 9.17) is 4.74 Å². The molecule has 1 saturated heterocycles. The zero-order chi connectivity index (χ0) is 35.5. The van der Waals surface area contributed by atoms with Gasteiger partial charge in [-0.2, -0.15) is 4.80 Å². The van der Waals surface area contributed by atoms with Crippen LogP contribution in [-0.4, -0.2) is 78.2 Å². The predicted octanol–water partition coefficient (Wildman–Crippen LogP) is 5.54. The number of benzene rings is 2. The minimum Gasteiger partial charge on any atom is -0.481 e. The largest absolute Gasteiger partial charge is 0.481 e. The predicted molar refractivity (Wildman–Crippen MR) is 185 cm³/mol. The van der Waals surface area contributed by atoms with Gasteiger partial charge in [-0.05, 0) is 80.7 Å². The molecule has 6 rings (SSSR count). The number of rotatable bonds is 6. The van der Waals surface area contributed by atoms with E-state index in [9.17, 15) is 24.3 Å². The number of carbonyl (C=O) groups excluding carboxylic acids is 3. The van der Waals surface area contributed by atoms with Crippen molar-refractivity contribution in [3.8, 4) is 11.1 Å². The molecule has 12 heteroatoms. The fraction of sp³-hybridized carbons (Fsp3) is 0.500. The number of aliphatic carboxylic acids is 1. The Labute approximate surface area is 292 Å². The summed E-state index contributed by atoms with van der Waals surface area (Å²) >= 11 is 0. The van der Waals surface area contributed by atoms with Crippen LogP contribution in [0.1, 0.15) is 89.4 Å². The molecule has 5 atom stereocenters. The van der Waals surface area contributed by atoms with Crippen LogP contribution in [0.5, 0.6) is 0 Å². The Hall–Kier alpha value is -4.87. The zero-order valence-corrected chi connectivity index (χ0v) is 29.0. The number of fused-ring (bicyclic) bond motifs is 2. The van der Waals surface area contributed by atoms with Gasteiger partial charge >= 0.3 is 12.1 Å². The van der Waals surface area contributed by atoms with Crippen molar-refractivity contribution in [2.45, 2.75) is 102 Å². The minimum atomic E-state index is -1.17. The van der Waals surface area contributed by atoms with Gasteiger partial charge in [0.25, 0.3) is 0 Å². The van der Waals surface area contributed by atoms with Gasteiger partial charge in [0.1, 0.15) is 11.6 Å². The average Bonchev–Trinajstić information content (AvgIpc) is 3.36. The summed E-state index contributed by atoms with van der Waals surface area (Å²) in [6, 6.07) is 16.4. The average molecular weight is 683 g/mol. The molecule has 2 fully saturated rings. The third kappa shape index (κ3) is 8.11. The maximum absolute atomic E-state index is 14.3. The number of hydrogen-bond donors (Lipinski definition) is 2. The molecule has 3 aliphatic rings. The summed E-state index contributed by atoms with van der Waals surface area (Å²) in [4.78, 5) is 56.7. The minimum absolute atomic E-state index is 0.141. The van der Waals surface area contributed by atoms with Gasteiger partial charge in [-0.1, -0.05) is 79.6 Å². The number of allylic oxidation sites excluding steroid dienone is 2. The SMILES string of the molecule is CC(C)(C)OC(=O)N[C@H]1CCCCC/C=C\[C@@H]2C[C@@]2(C(=O)O)CC(=O)[C@@H]2C[C@@H](c3nnn(Cc4ccc(-c5ccccc5)cc4)n3)CN2C1=O. The number of hydrogen-bond acceptors (Lipinski definition) is 8. The molecule has 3 heterocycles. The van der Waals surface area contributed by atoms with Gasteiger partial charge in [0.2, 0.25) is 5.91 Å². The van der Waals surface area contributed by atoms with Crippen molar-refractivity contribution in [2.75, 3.05) is 6.54 Å². The maximum atomic E-state index is 14.3. The summed E-state index contributed by atoms with van der Waals surface area (Å²) in [5.41, 5.74) is 1.28. The van der Waals surface area contributed by atoms with Crippen molar-refractivity contribution in [1.82, 2.24) is 30.4 Å². The molecule has 50 heavy (non-hydrogen) atoms. The number of nitrogens with one attached hydrogen (secondary N) is 1. The molecule has 2 aromatic carbocycles. The van der Waals surface area contributed by atoms with Crippen molar-refractivity contribution >= 4 is 23.8 Å². The second-order valence-electron chi connectivity index (χ2n) is 14.9. The van der Waals surface area contributed by atoms with Gasteiger partial charge in [-0.25, -0.2) is 4.79 Å². The molecule has 3 aromatic rings. The van der Waals surface area contributed by atoms with Crippen LogP contribution in [0.3, 0.4) is 0 Å². The van der Waals surface area contributed by atoms with Gasteiger partial charge in [-0.15, -0.1) is 10.2 Å². The molecule has 0 spiro atoms. The van der Waals surface area contributed by atoms with Crippen LogP contribution in [0.25, 0.3) is 11.1 Å². The Balaban J connectivity index is 1.23. The normalized spacial score (nSPS) is 26.6. The number of alkyl carbamates (subject to hydrolysis) is 1. The van der Waals surface area contributed by atoms with Crippen molar-refractivity contribution in [2.24, 2.45) is 11.3 Å². The number of nitrogens with zero attached hydrogens (tertiary/aromatic N) is 5. The number of carboxylic acid groups (broad SMARTS) is 1. The Morgan fingerprint density at radius 1 is 1.02 bits per heavy atom. The van der Waals surface area contributed by atoms with Crippen LogP contribution in [0.2, 0.25) is 0 Å². The number of aromatic nitrogens is 4. The Kier molecular flexibility index (Phi) is 10.2. The number of tetrazole rings is 1. The maximum Gasteiger partial charge on any atom is 0.408 e. The number of Topliss-reactive ketones (excluding diaryl/α,β-unsaturated/α-hetero) is 1. The number of ether oxygens (including phenoxy) is 1. The van der Waals surface area contributed by atoms with Crippen LogP contribution in [0, 0.1) is 11.3 Å². The molecule has 1 aliphatic carbocycles. The monoisotopic (exact) mass is 682 g/mol. The summed E-state index contributed by atoms with van der Waals surface area (Å²) in [5.74, 6) is -1.92. The first kappa shape index (κ1) is 35.0. The molecule has 0 unspecified atom stereocenters. The highest BCUT2D eigenvalue weighted by atomic mass is 16.6. The molecule has 0 bridgehead atoms. The van der Waals surface area contributed by atoms with Crippen LogP contribution >= 0.6 is 0 Å². The van der Waals surface area contributed by atoms with Crippen molar-refractivity contribution in [3.63, 3.8) is 0 Å². The molecular formula is C38H46N6O6. The van der Waals surface area contributed by atoms with Gasteiger partial charge in [-0.3, -0.25) is 14.4 Å². The third-order valence-electron chi connectivity index (χ3n) is 9.94. The highest BCUT2D eigenvalue weighted by molar-refractivity contribution is 5.96. The molecule has 1 aromatic heterocycles. The summed E-state index contributed by atoms with van der Waals surface area (Å²) < 4.78 is 5.48. The van der Waals surface area contributed by atoms with E-state index in [1.54, 1.807) is 20.8 Å². The van der Waals surface area contributed by atoms with Crippen molar-refractivity contribution in [1.29, 1.82) is 0 Å². The Bertz CT molecular complexity index is 1730. The van der Waals surface area contributed by atoms with E-state index in [1.165, 1.54) is 9.70 Å². The Morgan fingerprint density at radius 2 is 1.76 bits per heavy atom. The third-order valence-corrected chi connectivity index (χ3v) is 9.94. The first-order valence-electron chi connectivity index (χ1n) is 17.6. The summed E-state index contributed by atoms with van der Waals surface area (Å²) in [6.45, 7) is 5.78. The first-order chi connectivity index (χ1) is 23.9. The lowest BCUT2D eigenvalue weighted by Gasteiger charge is -2.30. The van der Waals surface area contributed by atoms with Crippen molar-refractivity contribution in [3.05, 3.63) is 78.1 Å². The molecular weight excluding hydrogens is 636 g/mol. The van der Waals surface area contributed by atoms with E-state index in [0.717, 1.165) is 36.0 Å². The summed E-state index contributed by atoms with van der Waals surface area (Å²) in [5, 5.41) is 26.2. The molecule has 12 nitrogen and oxygen atoms in total. The van der Waals surface area contributed by atoms with Gasteiger partial charge < -0.3 is 20.1 Å². The van der Waals surface area contributed by atoms with Crippen LogP contribution in [0.15, 0.2) is 66.7 Å². The van der Waals surface area contributed by atoms with Gasteiger partial charge in [0, 0.05) is 18.9 Å². The highest BCUT2D eigenvalue weighted by Gasteiger charge is 2.61. The highest BCUT2D eigenvalue weighted by Crippen LogP contribution is 2.57. The van der Waals surface area contributed by atoms with Gasteiger partial charge in [0.15, 0.2) is 11.6 Å². The molecule has 2 N–H and O–H groups in total. The zero-order valence-electron chi connectivity index (χ0n) is 29.0. The molecule has 2 amide bonds. The summed E-state index contributed by atoms with van der Waals surface area (Å²) in [7, 11) is 0. The standard InChI is InChI=1S/C38H46N6O6/c1-37(2,3)50-36(49)39-30-15-11-6-4-5-10-14-29-21-38(29,35(47)48)22-32(45)31-20-28(24-43(31)34(30)46)33-40-42-44(41-33)23-25-16-18-27(19-17-25)26-12-8-7-9-13-26/h7-10,12-14,16-19,28-31H,4-6,11,15,20-24H2,1-3H3,(H,39,49)(H,47,48)/b14-10-/t28-,29-,30+,31+,38-/m1/s1. The topological polar surface area (TPSA) is 157 Å². The summed E-state index contributed by atoms with van der Waals surface area (Å²) in [6.07, 6.45) is 7.21. The molecule has 1 saturated carbocycles. The number of amides is 2. The molecule has 2 aliphatic heterocycles. The number of ketones is 1. The lowest BCUT2D eigenvalue weighted by Crippen LogP contribution is -2.52. The quantitative estimate of drug-likeness (QED) is 0.319. The van der Waals surface area contributed by atoms with Gasteiger partial charge in [0.05, 0.1) is 18.0 Å².